The van der Waals surface area contributed by atoms with E-state index in [0.29, 0.717) is 24.7 Å². The summed E-state index contributed by atoms with van der Waals surface area (Å²) in [4.78, 5) is 36.1. The summed E-state index contributed by atoms with van der Waals surface area (Å²) in [7, 11) is 0. The van der Waals surface area contributed by atoms with Crippen molar-refractivity contribution >= 4 is 51.5 Å². The maximum Gasteiger partial charge on any atom is 0.419 e. The SMILES string of the molecule is O=C(O)C1CC2CCC(C1)N2c1ncc(C(=O)N(c2nccs2)c2cccc(C(F)(F)F)c2F)cc1Cl. The summed E-state index contributed by atoms with van der Waals surface area (Å²) in [5, 5.41) is 11.0. The van der Waals surface area contributed by atoms with Crippen molar-refractivity contribution < 1.29 is 32.3 Å². The van der Waals surface area contributed by atoms with Gasteiger partial charge in [-0.2, -0.15) is 13.2 Å². The van der Waals surface area contributed by atoms with Crippen LogP contribution in [-0.4, -0.2) is 39.0 Å². The van der Waals surface area contributed by atoms with Crippen LogP contribution in [0.4, 0.5) is 34.2 Å². The van der Waals surface area contributed by atoms with E-state index in [1.165, 1.54) is 23.8 Å². The topological polar surface area (TPSA) is 86.6 Å². The predicted octanol–water partition coefficient (Wildman–Crippen LogP) is 6.16. The van der Waals surface area contributed by atoms with Gasteiger partial charge >= 0.3 is 12.1 Å². The van der Waals surface area contributed by atoms with Gasteiger partial charge in [0, 0.05) is 29.9 Å². The first-order valence-electron chi connectivity index (χ1n) is 11.3. The zero-order valence-corrected chi connectivity index (χ0v) is 20.5. The van der Waals surface area contributed by atoms with Gasteiger partial charge in [0.05, 0.1) is 27.8 Å². The number of nitrogens with zero attached hydrogens (tertiary/aromatic N) is 4. The Labute approximate surface area is 217 Å². The molecular formula is C24H19ClF4N4O3S. The molecule has 2 bridgehead atoms. The third kappa shape index (κ3) is 4.63. The number of benzene rings is 1. The molecule has 2 aliphatic heterocycles. The van der Waals surface area contributed by atoms with E-state index in [9.17, 15) is 27.9 Å². The van der Waals surface area contributed by atoms with E-state index < -0.39 is 41.0 Å². The van der Waals surface area contributed by atoms with E-state index >= 15 is 4.39 Å². The number of hydrogen-bond acceptors (Lipinski definition) is 6. The molecule has 4 heterocycles. The van der Waals surface area contributed by atoms with E-state index in [0.717, 1.165) is 41.2 Å². The lowest BCUT2D eigenvalue weighted by atomic mass is 9.91. The number of halogens is 5. The van der Waals surface area contributed by atoms with E-state index in [1.807, 2.05) is 4.90 Å². The molecule has 2 saturated heterocycles. The molecule has 37 heavy (non-hydrogen) atoms. The summed E-state index contributed by atoms with van der Waals surface area (Å²) in [6.07, 6.45) is 0.112. The fourth-order valence-electron chi connectivity index (χ4n) is 5.13. The number of carboxylic acids is 1. The highest BCUT2D eigenvalue weighted by atomic mass is 35.5. The highest BCUT2D eigenvalue weighted by Gasteiger charge is 2.44. The van der Waals surface area contributed by atoms with Crippen LogP contribution in [0.15, 0.2) is 42.0 Å². The van der Waals surface area contributed by atoms with Crippen LogP contribution >= 0.6 is 22.9 Å². The second kappa shape index (κ2) is 9.56. The van der Waals surface area contributed by atoms with Crippen molar-refractivity contribution in [2.45, 2.75) is 43.9 Å². The molecule has 5 rings (SSSR count). The summed E-state index contributed by atoms with van der Waals surface area (Å²) in [6.45, 7) is 0. The minimum absolute atomic E-state index is 0.0304. The lowest BCUT2D eigenvalue weighted by Crippen LogP contribution is -2.45. The maximum absolute atomic E-state index is 15.0. The Kier molecular flexibility index (Phi) is 6.57. The summed E-state index contributed by atoms with van der Waals surface area (Å²) in [6, 6.07) is 3.90. The number of aliphatic carboxylic acids is 1. The molecule has 2 aromatic heterocycles. The summed E-state index contributed by atoms with van der Waals surface area (Å²) in [5.74, 6) is -3.34. The van der Waals surface area contributed by atoms with Crippen LogP contribution in [0.25, 0.3) is 0 Å². The Hall–Kier alpha value is -3.25. The van der Waals surface area contributed by atoms with Crippen LogP contribution in [0, 0.1) is 11.7 Å². The molecule has 7 nitrogen and oxygen atoms in total. The smallest absolute Gasteiger partial charge is 0.419 e. The number of hydrogen-bond donors (Lipinski definition) is 1. The lowest BCUT2D eigenvalue weighted by molar-refractivity contribution is -0.143. The second-order valence-corrected chi connectivity index (χ2v) is 10.2. The highest BCUT2D eigenvalue weighted by Crippen LogP contribution is 2.44. The molecule has 0 saturated carbocycles. The minimum Gasteiger partial charge on any atom is -0.481 e. The molecule has 0 spiro atoms. The number of amides is 1. The van der Waals surface area contributed by atoms with E-state index in [4.69, 9.17) is 11.6 Å². The largest absolute Gasteiger partial charge is 0.481 e. The minimum atomic E-state index is -4.96. The van der Waals surface area contributed by atoms with Crippen molar-refractivity contribution in [2.75, 3.05) is 9.80 Å². The van der Waals surface area contributed by atoms with Crippen molar-refractivity contribution in [3.8, 4) is 0 Å². The molecule has 0 radical (unpaired) electrons. The van der Waals surface area contributed by atoms with Gasteiger partial charge < -0.3 is 10.0 Å². The first-order chi connectivity index (χ1) is 17.6. The molecule has 2 atom stereocenters. The number of aromatic nitrogens is 2. The lowest BCUT2D eigenvalue weighted by Gasteiger charge is -2.38. The van der Waals surface area contributed by atoms with Gasteiger partial charge in [0.2, 0.25) is 0 Å². The molecule has 0 aliphatic carbocycles. The standard InChI is InChI=1S/C24H19ClF4N4O3S/c25-17-10-13(11-31-20(17)32-14-4-5-15(32)9-12(8-14)22(35)36)21(34)33(23-30-6-7-37-23)18-3-1-2-16(19(18)26)24(27,28)29/h1-3,6-7,10-12,14-15H,4-5,8-9H2,(H,35,36). The van der Waals surface area contributed by atoms with Crippen LogP contribution in [0.5, 0.6) is 0 Å². The van der Waals surface area contributed by atoms with Gasteiger partial charge in [-0.25, -0.2) is 19.3 Å². The Bertz CT molecular complexity index is 1340. The average molecular weight is 555 g/mol. The van der Waals surface area contributed by atoms with Crippen LogP contribution in [0.2, 0.25) is 5.02 Å². The molecule has 2 unspecified atom stereocenters. The van der Waals surface area contributed by atoms with Crippen LogP contribution in [0.3, 0.4) is 0 Å². The quantitative estimate of drug-likeness (QED) is 0.380. The third-order valence-corrected chi connectivity index (χ3v) is 7.77. The first-order valence-corrected chi connectivity index (χ1v) is 12.6. The molecule has 1 N–H and O–H groups in total. The maximum atomic E-state index is 15.0. The number of thiazole rings is 1. The molecule has 13 heteroatoms. The van der Waals surface area contributed by atoms with Gasteiger partial charge in [0.25, 0.3) is 5.91 Å². The van der Waals surface area contributed by atoms with Crippen molar-refractivity contribution in [1.29, 1.82) is 0 Å². The molecule has 2 aliphatic rings. The number of carboxylic acid groups (broad SMARTS) is 1. The number of fused-ring (bicyclic) bond motifs is 2. The Morgan fingerprint density at radius 1 is 1.16 bits per heavy atom. The highest BCUT2D eigenvalue weighted by molar-refractivity contribution is 7.14. The molecule has 1 aromatic carbocycles. The van der Waals surface area contributed by atoms with Gasteiger partial charge in [-0.3, -0.25) is 9.59 Å². The molecule has 3 aromatic rings. The van der Waals surface area contributed by atoms with E-state index in [2.05, 4.69) is 9.97 Å². The Morgan fingerprint density at radius 3 is 2.43 bits per heavy atom. The van der Waals surface area contributed by atoms with Gasteiger partial charge in [0.1, 0.15) is 5.82 Å². The van der Waals surface area contributed by atoms with Crippen molar-refractivity contribution in [2.24, 2.45) is 5.92 Å². The molecule has 1 amide bonds. The average Bonchev–Trinajstić information content (AvgIpc) is 3.45. The molecule has 194 valence electrons. The van der Waals surface area contributed by atoms with Crippen LogP contribution in [-0.2, 0) is 11.0 Å². The van der Waals surface area contributed by atoms with Gasteiger partial charge in [-0.1, -0.05) is 17.7 Å². The summed E-state index contributed by atoms with van der Waals surface area (Å²) >= 11 is 7.48. The monoisotopic (exact) mass is 554 g/mol. The van der Waals surface area contributed by atoms with Crippen molar-refractivity contribution in [1.82, 2.24) is 9.97 Å². The van der Waals surface area contributed by atoms with Gasteiger partial charge in [0.15, 0.2) is 10.9 Å². The number of carbonyl (C=O) groups is 2. The number of pyridine rings is 1. The summed E-state index contributed by atoms with van der Waals surface area (Å²) in [5.41, 5.74) is -2.19. The van der Waals surface area contributed by atoms with Crippen LogP contribution in [0.1, 0.15) is 41.6 Å². The zero-order valence-electron chi connectivity index (χ0n) is 19.0. The predicted molar refractivity (Wildman–Crippen MR) is 129 cm³/mol. The molecule has 2 fully saturated rings. The van der Waals surface area contributed by atoms with Gasteiger partial charge in [-0.15, -0.1) is 11.3 Å². The van der Waals surface area contributed by atoms with Crippen LogP contribution < -0.4 is 9.80 Å². The van der Waals surface area contributed by atoms with Crippen molar-refractivity contribution in [3.63, 3.8) is 0 Å². The molecular weight excluding hydrogens is 536 g/mol. The van der Waals surface area contributed by atoms with Gasteiger partial charge in [-0.05, 0) is 43.9 Å². The fraction of sp³-hybridized carbons (Fsp3) is 0.333. The number of piperidine rings is 1. The number of carbonyl (C=O) groups excluding carboxylic acids is 1. The zero-order chi connectivity index (χ0) is 26.5. The summed E-state index contributed by atoms with van der Waals surface area (Å²) < 4.78 is 55.1. The fourth-order valence-corrected chi connectivity index (χ4v) is 6.04. The third-order valence-electron chi connectivity index (χ3n) is 6.73. The van der Waals surface area contributed by atoms with E-state index in [1.54, 1.807) is 0 Å². The Balaban J connectivity index is 1.49. The van der Waals surface area contributed by atoms with E-state index in [-0.39, 0.29) is 27.8 Å². The normalized spacial score (nSPS) is 21.2. The first kappa shape index (κ1) is 25.4. The number of anilines is 3. The second-order valence-electron chi connectivity index (χ2n) is 8.92. The number of rotatable bonds is 5. The number of alkyl halides is 3. The van der Waals surface area contributed by atoms with Crippen molar-refractivity contribution in [3.05, 3.63) is 64.0 Å². The Morgan fingerprint density at radius 2 is 1.86 bits per heavy atom.